The highest BCUT2D eigenvalue weighted by Gasteiger charge is 2.10. The van der Waals surface area contributed by atoms with Crippen LogP contribution in [0.3, 0.4) is 0 Å². The Kier molecular flexibility index (Phi) is 3.94. The summed E-state index contributed by atoms with van der Waals surface area (Å²) in [6.45, 7) is 0. The molecule has 0 aliphatic carbocycles. The molecule has 4 heteroatoms. The van der Waals surface area contributed by atoms with E-state index in [1.807, 2.05) is 24.3 Å². The maximum Gasteiger partial charge on any atom is 0.175 e. The number of fused-ring (bicyclic) bond motifs is 1. The second kappa shape index (κ2) is 6.14. The first kappa shape index (κ1) is 16.1. The van der Waals surface area contributed by atoms with E-state index in [1.165, 1.54) is 16.3 Å². The highest BCUT2D eigenvalue weighted by molar-refractivity contribution is 7.90. The smallest absolute Gasteiger partial charge is 0.175 e. The minimum absolute atomic E-state index is 0.341. The van der Waals surface area contributed by atoms with E-state index in [4.69, 9.17) is 0 Å². The monoisotopic (exact) mass is 364 g/mol. The summed E-state index contributed by atoms with van der Waals surface area (Å²) in [5, 5.41) is 3.34. The topological polar surface area (TPSA) is 34.1 Å². The van der Waals surface area contributed by atoms with Crippen LogP contribution in [-0.2, 0) is 9.84 Å². The van der Waals surface area contributed by atoms with Gasteiger partial charge in [0.1, 0.15) is 0 Å². The van der Waals surface area contributed by atoms with Gasteiger partial charge in [0.2, 0.25) is 0 Å². The summed E-state index contributed by atoms with van der Waals surface area (Å²) in [5.41, 5.74) is 4.40. The molecule has 124 valence electrons. The largest absolute Gasteiger partial charge is 0.224 e. The summed E-state index contributed by atoms with van der Waals surface area (Å²) in [6.07, 6.45) is 1.23. The van der Waals surface area contributed by atoms with E-state index < -0.39 is 9.84 Å². The number of sulfone groups is 1. The molecule has 0 N–H and O–H groups in total. The molecule has 0 aliphatic heterocycles. The van der Waals surface area contributed by atoms with Gasteiger partial charge in [0.15, 0.2) is 9.84 Å². The Hall–Kier alpha value is -2.43. The number of hydrogen-bond donors (Lipinski definition) is 0. The zero-order valence-electron chi connectivity index (χ0n) is 13.6. The summed E-state index contributed by atoms with van der Waals surface area (Å²) < 4.78 is 24.6. The van der Waals surface area contributed by atoms with Gasteiger partial charge in [-0.25, -0.2) is 8.42 Å². The van der Waals surface area contributed by atoms with Crippen molar-refractivity contribution in [3.63, 3.8) is 0 Å². The van der Waals surface area contributed by atoms with Crippen molar-refractivity contribution >= 4 is 31.3 Å². The molecule has 0 saturated heterocycles. The quantitative estimate of drug-likeness (QED) is 0.471. The Labute approximate surface area is 151 Å². The molecule has 0 spiro atoms. The van der Waals surface area contributed by atoms with E-state index in [2.05, 4.69) is 41.8 Å². The lowest BCUT2D eigenvalue weighted by molar-refractivity contribution is 0.602. The van der Waals surface area contributed by atoms with Gasteiger partial charge in [0.25, 0.3) is 0 Å². The second-order valence-corrected chi connectivity index (χ2v) is 8.98. The van der Waals surface area contributed by atoms with Crippen LogP contribution in [0.25, 0.3) is 32.3 Å². The van der Waals surface area contributed by atoms with Crippen LogP contribution >= 0.6 is 11.3 Å². The third-order valence-electron chi connectivity index (χ3n) is 4.28. The fourth-order valence-corrected chi connectivity index (χ4v) is 4.40. The molecule has 2 nitrogen and oxygen atoms in total. The van der Waals surface area contributed by atoms with Crippen molar-refractivity contribution in [1.82, 2.24) is 0 Å². The SMILES string of the molecule is CS(=O)(=O)c1ccc(-c2ccccc2-c2ccc3sccc3c2)cc1. The highest BCUT2D eigenvalue weighted by atomic mass is 32.2. The number of rotatable bonds is 3. The molecule has 0 amide bonds. The maximum atomic E-state index is 11.7. The van der Waals surface area contributed by atoms with E-state index in [0.29, 0.717) is 4.90 Å². The van der Waals surface area contributed by atoms with Crippen LogP contribution in [0.4, 0.5) is 0 Å². The van der Waals surface area contributed by atoms with E-state index in [-0.39, 0.29) is 0 Å². The van der Waals surface area contributed by atoms with Crippen molar-refractivity contribution in [3.05, 3.63) is 78.2 Å². The molecule has 0 aliphatic rings. The molecule has 25 heavy (non-hydrogen) atoms. The zero-order chi connectivity index (χ0) is 17.4. The normalized spacial score (nSPS) is 11.7. The van der Waals surface area contributed by atoms with Crippen LogP contribution in [0, 0.1) is 0 Å². The van der Waals surface area contributed by atoms with Gasteiger partial charge in [0.05, 0.1) is 4.90 Å². The van der Waals surface area contributed by atoms with Crippen LogP contribution in [0.1, 0.15) is 0 Å². The first-order chi connectivity index (χ1) is 12.0. The van der Waals surface area contributed by atoms with Crippen LogP contribution in [0.5, 0.6) is 0 Å². The van der Waals surface area contributed by atoms with Crippen molar-refractivity contribution in [3.8, 4) is 22.3 Å². The van der Waals surface area contributed by atoms with Gasteiger partial charge in [-0.2, -0.15) is 0 Å². The Morgan fingerprint density at radius 1 is 0.760 bits per heavy atom. The first-order valence-corrected chi connectivity index (χ1v) is 10.7. The molecule has 0 atom stereocenters. The molecule has 0 unspecified atom stereocenters. The van der Waals surface area contributed by atoms with Gasteiger partial charge in [-0.3, -0.25) is 0 Å². The molecule has 0 saturated carbocycles. The average Bonchev–Trinajstić information content (AvgIpc) is 3.09. The Balaban J connectivity index is 1.84. The summed E-state index contributed by atoms with van der Waals surface area (Å²) in [5.74, 6) is 0. The molecule has 0 bridgehead atoms. The van der Waals surface area contributed by atoms with Crippen LogP contribution in [-0.4, -0.2) is 14.7 Å². The lowest BCUT2D eigenvalue weighted by Crippen LogP contribution is -1.96. The Bertz CT molecular complexity index is 1150. The lowest BCUT2D eigenvalue weighted by atomic mass is 9.94. The van der Waals surface area contributed by atoms with Crippen LogP contribution in [0.15, 0.2) is 83.1 Å². The van der Waals surface area contributed by atoms with Gasteiger partial charge in [-0.05, 0) is 63.4 Å². The molecule has 4 aromatic rings. The molecule has 1 aromatic heterocycles. The molecule has 0 radical (unpaired) electrons. The van der Waals surface area contributed by atoms with E-state index in [0.717, 1.165) is 22.3 Å². The minimum atomic E-state index is -3.18. The van der Waals surface area contributed by atoms with Gasteiger partial charge >= 0.3 is 0 Å². The summed E-state index contributed by atoms with van der Waals surface area (Å²) in [4.78, 5) is 0.341. The maximum absolute atomic E-state index is 11.7. The van der Waals surface area contributed by atoms with Crippen molar-refractivity contribution in [1.29, 1.82) is 0 Å². The van der Waals surface area contributed by atoms with Crippen LogP contribution < -0.4 is 0 Å². The molecule has 0 fully saturated rings. The Morgan fingerprint density at radius 3 is 2.08 bits per heavy atom. The van der Waals surface area contributed by atoms with Crippen molar-refractivity contribution in [2.24, 2.45) is 0 Å². The average molecular weight is 364 g/mol. The third-order valence-corrected chi connectivity index (χ3v) is 6.31. The summed E-state index contributed by atoms with van der Waals surface area (Å²) in [7, 11) is -3.18. The second-order valence-electron chi connectivity index (χ2n) is 6.02. The lowest BCUT2D eigenvalue weighted by Gasteiger charge is -2.11. The molecular weight excluding hydrogens is 348 g/mol. The summed E-state index contributed by atoms with van der Waals surface area (Å²) in [6, 6.07) is 23.9. The zero-order valence-corrected chi connectivity index (χ0v) is 15.3. The predicted octanol–water partition coefficient (Wildman–Crippen LogP) is 5.64. The molecular formula is C21H16O2S2. The predicted molar refractivity (Wildman–Crippen MR) is 106 cm³/mol. The van der Waals surface area contributed by atoms with Gasteiger partial charge < -0.3 is 0 Å². The fraction of sp³-hybridized carbons (Fsp3) is 0.0476. The van der Waals surface area contributed by atoms with Crippen molar-refractivity contribution in [2.45, 2.75) is 4.90 Å². The van der Waals surface area contributed by atoms with Gasteiger partial charge in [-0.15, -0.1) is 11.3 Å². The van der Waals surface area contributed by atoms with E-state index in [9.17, 15) is 8.42 Å². The van der Waals surface area contributed by atoms with Gasteiger partial charge in [0, 0.05) is 11.0 Å². The highest BCUT2D eigenvalue weighted by Crippen LogP contribution is 2.34. The standard InChI is InChI=1S/C21H16O2S2/c1-25(22,23)18-9-6-15(7-10-18)19-4-2-3-5-20(19)16-8-11-21-17(14-16)12-13-24-21/h2-14H,1H3. The van der Waals surface area contributed by atoms with Crippen molar-refractivity contribution < 1.29 is 8.42 Å². The van der Waals surface area contributed by atoms with E-state index >= 15 is 0 Å². The third kappa shape index (κ3) is 3.11. The molecule has 4 rings (SSSR count). The number of thiophene rings is 1. The number of hydrogen-bond acceptors (Lipinski definition) is 3. The molecule has 1 heterocycles. The first-order valence-electron chi connectivity index (χ1n) is 7.89. The number of benzene rings is 3. The molecule has 3 aromatic carbocycles. The fourth-order valence-electron chi connectivity index (χ4n) is 3.00. The van der Waals surface area contributed by atoms with Crippen molar-refractivity contribution in [2.75, 3.05) is 6.26 Å². The van der Waals surface area contributed by atoms with Gasteiger partial charge in [-0.1, -0.05) is 42.5 Å². The summed E-state index contributed by atoms with van der Waals surface area (Å²) >= 11 is 1.74. The van der Waals surface area contributed by atoms with E-state index in [1.54, 1.807) is 23.5 Å². The Morgan fingerprint density at radius 2 is 1.40 bits per heavy atom. The minimum Gasteiger partial charge on any atom is -0.224 e. The van der Waals surface area contributed by atoms with Crippen LogP contribution in [0.2, 0.25) is 0 Å².